The fraction of sp³-hybridized carbons (Fsp3) is 0.500. The molecule has 0 N–H and O–H groups in total. The SMILES string of the molecule is CCOC(=O)C(C)CCc1cccc(C)c1[N+](=O)[O-]. The van der Waals surface area contributed by atoms with Crippen molar-refractivity contribution >= 4 is 11.7 Å². The maximum Gasteiger partial charge on any atom is 0.308 e. The summed E-state index contributed by atoms with van der Waals surface area (Å²) in [5.41, 5.74) is 1.46. The van der Waals surface area contributed by atoms with Crippen LogP contribution in [0.15, 0.2) is 18.2 Å². The van der Waals surface area contributed by atoms with Crippen LogP contribution >= 0.6 is 0 Å². The summed E-state index contributed by atoms with van der Waals surface area (Å²) in [6.07, 6.45) is 1.04. The second-order valence-electron chi connectivity index (χ2n) is 4.53. The van der Waals surface area contributed by atoms with Gasteiger partial charge in [0.05, 0.1) is 17.4 Å². The van der Waals surface area contributed by atoms with Gasteiger partial charge in [-0.05, 0) is 26.7 Å². The van der Waals surface area contributed by atoms with E-state index in [0.29, 0.717) is 30.6 Å². The standard InChI is InChI=1S/C14H19NO4/c1-4-19-14(16)11(3)8-9-12-7-5-6-10(2)13(12)15(17)18/h5-7,11H,4,8-9H2,1-3H3. The van der Waals surface area contributed by atoms with Crippen molar-refractivity contribution < 1.29 is 14.5 Å². The van der Waals surface area contributed by atoms with Crippen LogP contribution in [0.25, 0.3) is 0 Å². The van der Waals surface area contributed by atoms with Gasteiger partial charge >= 0.3 is 5.97 Å². The fourth-order valence-electron chi connectivity index (χ4n) is 1.96. The Hall–Kier alpha value is -1.91. The summed E-state index contributed by atoms with van der Waals surface area (Å²) in [6, 6.07) is 5.26. The third kappa shape index (κ3) is 4.05. The molecule has 0 aromatic heterocycles. The van der Waals surface area contributed by atoms with Crippen molar-refractivity contribution in [2.24, 2.45) is 5.92 Å². The molecule has 0 aliphatic carbocycles. The first-order valence-corrected chi connectivity index (χ1v) is 6.36. The number of nitrogens with zero attached hydrogens (tertiary/aromatic N) is 1. The number of esters is 1. The van der Waals surface area contributed by atoms with Gasteiger partial charge in [0, 0.05) is 11.1 Å². The molecule has 0 heterocycles. The quantitative estimate of drug-likeness (QED) is 0.450. The lowest BCUT2D eigenvalue weighted by Crippen LogP contribution is -2.15. The number of para-hydroxylation sites is 1. The molecule has 5 nitrogen and oxygen atoms in total. The highest BCUT2D eigenvalue weighted by Gasteiger charge is 2.19. The van der Waals surface area contributed by atoms with E-state index in [1.807, 2.05) is 0 Å². The molecule has 5 heteroatoms. The van der Waals surface area contributed by atoms with Crippen LogP contribution in [-0.2, 0) is 16.0 Å². The molecule has 0 amide bonds. The number of carbonyl (C=O) groups excluding carboxylic acids is 1. The van der Waals surface area contributed by atoms with Gasteiger partial charge in [0.25, 0.3) is 5.69 Å². The Bertz CT molecular complexity index is 471. The van der Waals surface area contributed by atoms with Crippen LogP contribution in [0.3, 0.4) is 0 Å². The lowest BCUT2D eigenvalue weighted by atomic mass is 9.98. The number of nitro benzene ring substituents is 1. The maximum atomic E-state index is 11.5. The average molecular weight is 265 g/mol. The molecule has 0 radical (unpaired) electrons. The molecule has 1 aromatic carbocycles. The minimum atomic E-state index is -0.361. The minimum Gasteiger partial charge on any atom is -0.466 e. The number of nitro groups is 1. The molecule has 0 aliphatic rings. The minimum absolute atomic E-state index is 0.151. The van der Waals surface area contributed by atoms with Gasteiger partial charge in [-0.15, -0.1) is 0 Å². The van der Waals surface area contributed by atoms with Crippen LogP contribution in [0.4, 0.5) is 5.69 Å². The molecular formula is C14H19NO4. The molecule has 1 aromatic rings. The molecule has 104 valence electrons. The second kappa shape index (κ2) is 6.87. The number of rotatable bonds is 6. The van der Waals surface area contributed by atoms with Gasteiger partial charge in [-0.1, -0.05) is 25.1 Å². The summed E-state index contributed by atoms with van der Waals surface area (Å²) in [7, 11) is 0. The summed E-state index contributed by atoms with van der Waals surface area (Å²) >= 11 is 0. The number of carbonyl (C=O) groups is 1. The van der Waals surface area contributed by atoms with E-state index >= 15 is 0 Å². The first kappa shape index (κ1) is 15.1. The van der Waals surface area contributed by atoms with Crippen molar-refractivity contribution in [2.75, 3.05) is 6.61 Å². The smallest absolute Gasteiger partial charge is 0.308 e. The van der Waals surface area contributed by atoms with E-state index in [9.17, 15) is 14.9 Å². The van der Waals surface area contributed by atoms with Gasteiger partial charge in [0.15, 0.2) is 0 Å². The van der Waals surface area contributed by atoms with E-state index in [-0.39, 0.29) is 22.5 Å². The third-order valence-corrected chi connectivity index (χ3v) is 3.04. The van der Waals surface area contributed by atoms with E-state index in [0.717, 1.165) is 0 Å². The van der Waals surface area contributed by atoms with E-state index in [1.165, 1.54) is 0 Å². The van der Waals surface area contributed by atoms with E-state index in [4.69, 9.17) is 4.74 Å². The predicted molar refractivity (Wildman–Crippen MR) is 72.0 cm³/mol. The number of ether oxygens (including phenoxy) is 1. The number of aryl methyl sites for hydroxylation is 2. The van der Waals surface area contributed by atoms with Crippen molar-refractivity contribution in [1.29, 1.82) is 0 Å². The van der Waals surface area contributed by atoms with E-state index in [2.05, 4.69) is 0 Å². The molecule has 1 atom stereocenters. The van der Waals surface area contributed by atoms with Crippen LogP contribution in [0.2, 0.25) is 0 Å². The van der Waals surface area contributed by atoms with Crippen LogP contribution in [-0.4, -0.2) is 17.5 Å². The van der Waals surface area contributed by atoms with Gasteiger partial charge in [-0.2, -0.15) is 0 Å². The zero-order chi connectivity index (χ0) is 14.4. The molecule has 0 spiro atoms. The normalized spacial score (nSPS) is 11.9. The monoisotopic (exact) mass is 265 g/mol. The van der Waals surface area contributed by atoms with Crippen molar-refractivity contribution in [3.8, 4) is 0 Å². The predicted octanol–water partition coefficient (Wildman–Crippen LogP) is 3.04. The zero-order valence-electron chi connectivity index (χ0n) is 11.5. The molecular weight excluding hydrogens is 246 g/mol. The first-order valence-electron chi connectivity index (χ1n) is 6.36. The van der Waals surface area contributed by atoms with Crippen molar-refractivity contribution in [1.82, 2.24) is 0 Å². The summed E-state index contributed by atoms with van der Waals surface area (Å²) < 4.78 is 4.92. The van der Waals surface area contributed by atoms with Gasteiger partial charge in [-0.3, -0.25) is 14.9 Å². The Morgan fingerprint density at radius 2 is 2.16 bits per heavy atom. The molecule has 1 rings (SSSR count). The number of hydrogen-bond acceptors (Lipinski definition) is 4. The van der Waals surface area contributed by atoms with E-state index < -0.39 is 0 Å². The Labute approximate surface area is 112 Å². The Morgan fingerprint density at radius 1 is 1.47 bits per heavy atom. The van der Waals surface area contributed by atoms with Crippen LogP contribution < -0.4 is 0 Å². The summed E-state index contributed by atoms with van der Waals surface area (Å²) in [6.45, 7) is 5.61. The fourth-order valence-corrected chi connectivity index (χ4v) is 1.96. The molecule has 0 aliphatic heterocycles. The van der Waals surface area contributed by atoms with Crippen LogP contribution in [0, 0.1) is 23.0 Å². The summed E-state index contributed by atoms with van der Waals surface area (Å²) in [4.78, 5) is 22.2. The molecule has 0 saturated carbocycles. The van der Waals surface area contributed by atoms with E-state index in [1.54, 1.807) is 39.0 Å². The zero-order valence-corrected chi connectivity index (χ0v) is 11.5. The van der Waals surface area contributed by atoms with Gasteiger partial charge in [0.2, 0.25) is 0 Å². The maximum absolute atomic E-state index is 11.5. The van der Waals surface area contributed by atoms with Gasteiger partial charge in [0.1, 0.15) is 0 Å². The van der Waals surface area contributed by atoms with Crippen molar-refractivity contribution in [2.45, 2.75) is 33.6 Å². The van der Waals surface area contributed by atoms with Crippen molar-refractivity contribution in [3.05, 3.63) is 39.4 Å². The van der Waals surface area contributed by atoms with Crippen LogP contribution in [0.1, 0.15) is 31.4 Å². The first-order chi connectivity index (χ1) is 8.97. The number of hydrogen-bond donors (Lipinski definition) is 0. The lowest BCUT2D eigenvalue weighted by Gasteiger charge is -2.10. The number of benzene rings is 1. The average Bonchev–Trinajstić information content (AvgIpc) is 2.35. The Balaban J connectivity index is 2.76. The van der Waals surface area contributed by atoms with Crippen molar-refractivity contribution in [3.63, 3.8) is 0 Å². The summed E-state index contributed by atoms with van der Waals surface area (Å²) in [5, 5.41) is 11.0. The Morgan fingerprint density at radius 3 is 2.74 bits per heavy atom. The Kier molecular flexibility index (Phi) is 5.48. The second-order valence-corrected chi connectivity index (χ2v) is 4.53. The van der Waals surface area contributed by atoms with Gasteiger partial charge < -0.3 is 4.74 Å². The molecule has 0 bridgehead atoms. The highest BCUT2D eigenvalue weighted by Crippen LogP contribution is 2.25. The lowest BCUT2D eigenvalue weighted by molar-refractivity contribution is -0.386. The van der Waals surface area contributed by atoms with Crippen LogP contribution in [0.5, 0.6) is 0 Å². The third-order valence-electron chi connectivity index (χ3n) is 3.04. The highest BCUT2D eigenvalue weighted by molar-refractivity contribution is 5.72. The van der Waals surface area contributed by atoms with Gasteiger partial charge in [-0.25, -0.2) is 0 Å². The molecule has 0 saturated heterocycles. The topological polar surface area (TPSA) is 69.4 Å². The summed E-state index contributed by atoms with van der Waals surface area (Å²) in [5.74, 6) is -0.502. The molecule has 19 heavy (non-hydrogen) atoms. The highest BCUT2D eigenvalue weighted by atomic mass is 16.6. The largest absolute Gasteiger partial charge is 0.466 e. The molecule has 0 fully saturated rings. The molecule has 1 unspecified atom stereocenters.